The quantitative estimate of drug-likeness (QED) is 0.803. The van der Waals surface area contributed by atoms with Crippen molar-refractivity contribution < 1.29 is 4.79 Å². The number of rotatable bonds is 4. The van der Waals surface area contributed by atoms with Gasteiger partial charge in [-0.3, -0.25) is 10.1 Å². The lowest BCUT2D eigenvalue weighted by molar-refractivity contribution is 0.102. The van der Waals surface area contributed by atoms with Crippen LogP contribution in [0, 0.1) is 0 Å². The SMILES string of the molecule is CCc1nnc(NC(=O)c2ccc(-n3cccn3)cc2)s1. The highest BCUT2D eigenvalue weighted by atomic mass is 32.1. The highest BCUT2D eigenvalue weighted by Crippen LogP contribution is 2.17. The monoisotopic (exact) mass is 299 g/mol. The van der Waals surface area contributed by atoms with E-state index in [4.69, 9.17) is 0 Å². The lowest BCUT2D eigenvalue weighted by Crippen LogP contribution is -2.11. The van der Waals surface area contributed by atoms with E-state index in [9.17, 15) is 4.79 Å². The van der Waals surface area contributed by atoms with E-state index in [1.165, 1.54) is 11.3 Å². The predicted octanol–water partition coefficient (Wildman–Crippen LogP) is 2.54. The van der Waals surface area contributed by atoms with Crippen molar-refractivity contribution in [2.24, 2.45) is 0 Å². The number of carbonyl (C=O) groups is 1. The third-order valence-corrected chi connectivity index (χ3v) is 3.87. The van der Waals surface area contributed by atoms with E-state index in [0.717, 1.165) is 17.1 Å². The topological polar surface area (TPSA) is 72.7 Å². The molecular formula is C14H13N5OS. The molecule has 1 aromatic carbocycles. The summed E-state index contributed by atoms with van der Waals surface area (Å²) in [5, 5.41) is 16.2. The van der Waals surface area contributed by atoms with Crippen LogP contribution in [0.15, 0.2) is 42.7 Å². The van der Waals surface area contributed by atoms with Crippen molar-refractivity contribution in [1.82, 2.24) is 20.0 Å². The molecule has 7 heteroatoms. The van der Waals surface area contributed by atoms with Gasteiger partial charge < -0.3 is 0 Å². The van der Waals surface area contributed by atoms with Gasteiger partial charge in [-0.1, -0.05) is 18.3 Å². The molecule has 0 bridgehead atoms. The zero-order valence-electron chi connectivity index (χ0n) is 11.4. The molecule has 21 heavy (non-hydrogen) atoms. The number of nitrogens with zero attached hydrogens (tertiary/aromatic N) is 4. The van der Waals surface area contributed by atoms with Crippen LogP contribution in [0.1, 0.15) is 22.3 Å². The van der Waals surface area contributed by atoms with Crippen molar-refractivity contribution in [3.8, 4) is 5.69 Å². The largest absolute Gasteiger partial charge is 0.296 e. The highest BCUT2D eigenvalue weighted by molar-refractivity contribution is 7.15. The molecule has 1 N–H and O–H groups in total. The molecule has 0 aliphatic rings. The second-order valence-electron chi connectivity index (χ2n) is 4.31. The fraction of sp³-hybridized carbons (Fsp3) is 0.143. The molecule has 2 aromatic heterocycles. The van der Waals surface area contributed by atoms with Crippen LogP contribution in [-0.2, 0) is 6.42 Å². The van der Waals surface area contributed by atoms with Crippen molar-refractivity contribution in [2.75, 3.05) is 5.32 Å². The van der Waals surface area contributed by atoms with Crippen molar-refractivity contribution in [3.63, 3.8) is 0 Å². The zero-order valence-corrected chi connectivity index (χ0v) is 12.2. The second-order valence-corrected chi connectivity index (χ2v) is 5.37. The van der Waals surface area contributed by atoms with E-state index in [2.05, 4.69) is 20.6 Å². The Labute approximate surface area is 125 Å². The maximum Gasteiger partial charge on any atom is 0.257 e. The van der Waals surface area contributed by atoms with E-state index >= 15 is 0 Å². The molecule has 0 radical (unpaired) electrons. The van der Waals surface area contributed by atoms with E-state index in [1.54, 1.807) is 23.0 Å². The predicted molar refractivity (Wildman–Crippen MR) is 80.8 cm³/mol. The Bertz CT molecular complexity index is 733. The van der Waals surface area contributed by atoms with Crippen molar-refractivity contribution in [3.05, 3.63) is 53.3 Å². The third kappa shape index (κ3) is 2.97. The minimum absolute atomic E-state index is 0.194. The molecule has 0 saturated carbocycles. The van der Waals surface area contributed by atoms with Gasteiger partial charge >= 0.3 is 0 Å². The van der Waals surface area contributed by atoms with Crippen LogP contribution in [0.3, 0.4) is 0 Å². The number of anilines is 1. The van der Waals surface area contributed by atoms with Crippen LogP contribution in [-0.4, -0.2) is 25.9 Å². The summed E-state index contributed by atoms with van der Waals surface area (Å²) in [5.74, 6) is -0.194. The number of benzene rings is 1. The zero-order chi connectivity index (χ0) is 14.7. The molecule has 106 valence electrons. The molecule has 0 unspecified atom stereocenters. The first-order valence-corrected chi connectivity index (χ1v) is 7.31. The Balaban J connectivity index is 1.73. The molecule has 1 amide bonds. The van der Waals surface area contributed by atoms with Crippen LogP contribution < -0.4 is 5.32 Å². The summed E-state index contributed by atoms with van der Waals surface area (Å²) in [7, 11) is 0. The van der Waals surface area contributed by atoms with E-state index < -0.39 is 0 Å². The van der Waals surface area contributed by atoms with Crippen LogP contribution in [0.5, 0.6) is 0 Å². The summed E-state index contributed by atoms with van der Waals surface area (Å²) in [4.78, 5) is 12.1. The first-order valence-electron chi connectivity index (χ1n) is 6.50. The molecule has 3 aromatic rings. The molecule has 0 saturated heterocycles. The Morgan fingerprint density at radius 3 is 2.71 bits per heavy atom. The van der Waals surface area contributed by atoms with Crippen molar-refractivity contribution in [1.29, 1.82) is 0 Å². The Morgan fingerprint density at radius 2 is 2.10 bits per heavy atom. The average Bonchev–Trinajstić information content (AvgIpc) is 3.19. The number of aromatic nitrogens is 4. The van der Waals surface area contributed by atoms with Crippen LogP contribution >= 0.6 is 11.3 Å². The van der Waals surface area contributed by atoms with Crippen molar-refractivity contribution in [2.45, 2.75) is 13.3 Å². The van der Waals surface area contributed by atoms with Gasteiger partial charge in [-0.25, -0.2) is 4.68 Å². The number of hydrogen-bond donors (Lipinski definition) is 1. The second kappa shape index (κ2) is 5.84. The lowest BCUT2D eigenvalue weighted by atomic mass is 10.2. The first-order chi connectivity index (χ1) is 10.3. The van der Waals surface area contributed by atoms with Gasteiger partial charge in [0.2, 0.25) is 5.13 Å². The Morgan fingerprint density at radius 1 is 1.29 bits per heavy atom. The fourth-order valence-electron chi connectivity index (χ4n) is 1.80. The molecule has 0 spiro atoms. The van der Waals surface area contributed by atoms with Gasteiger partial charge in [0.05, 0.1) is 5.69 Å². The van der Waals surface area contributed by atoms with Gasteiger partial charge in [-0.05, 0) is 36.8 Å². The molecule has 2 heterocycles. The van der Waals surface area contributed by atoms with Gasteiger partial charge in [-0.15, -0.1) is 10.2 Å². The maximum atomic E-state index is 12.1. The van der Waals surface area contributed by atoms with E-state index in [1.807, 2.05) is 31.3 Å². The minimum atomic E-state index is -0.194. The van der Waals surface area contributed by atoms with E-state index in [0.29, 0.717) is 10.7 Å². The molecule has 0 fully saturated rings. The smallest absolute Gasteiger partial charge is 0.257 e. The maximum absolute atomic E-state index is 12.1. The normalized spacial score (nSPS) is 10.5. The summed E-state index contributed by atoms with van der Waals surface area (Å²) in [6.45, 7) is 2.00. The number of hydrogen-bond acceptors (Lipinski definition) is 5. The number of aryl methyl sites for hydroxylation is 1. The van der Waals surface area contributed by atoms with Gasteiger partial charge in [0.15, 0.2) is 0 Å². The standard InChI is InChI=1S/C14H13N5OS/c1-2-12-17-18-14(21-12)16-13(20)10-4-6-11(7-5-10)19-9-3-8-15-19/h3-9H,2H2,1H3,(H,16,18,20). The van der Waals surface area contributed by atoms with Crippen LogP contribution in [0.2, 0.25) is 0 Å². The third-order valence-electron chi connectivity index (χ3n) is 2.89. The van der Waals surface area contributed by atoms with Gasteiger partial charge in [0.25, 0.3) is 5.91 Å². The number of amides is 1. The first kappa shape index (κ1) is 13.4. The molecule has 3 rings (SSSR count). The van der Waals surface area contributed by atoms with E-state index in [-0.39, 0.29) is 5.91 Å². The lowest BCUT2D eigenvalue weighted by Gasteiger charge is -2.04. The minimum Gasteiger partial charge on any atom is -0.296 e. The summed E-state index contributed by atoms with van der Waals surface area (Å²) in [6.07, 6.45) is 4.37. The molecular weight excluding hydrogens is 286 g/mol. The molecule has 0 aliphatic heterocycles. The summed E-state index contributed by atoms with van der Waals surface area (Å²) < 4.78 is 1.74. The molecule has 6 nitrogen and oxygen atoms in total. The fourth-order valence-corrected chi connectivity index (χ4v) is 2.48. The Kier molecular flexibility index (Phi) is 3.74. The summed E-state index contributed by atoms with van der Waals surface area (Å²) >= 11 is 1.39. The highest BCUT2D eigenvalue weighted by Gasteiger charge is 2.09. The van der Waals surface area contributed by atoms with Gasteiger partial charge in [-0.2, -0.15) is 5.10 Å². The summed E-state index contributed by atoms with van der Waals surface area (Å²) in [6, 6.07) is 9.06. The molecule has 0 atom stereocenters. The van der Waals surface area contributed by atoms with Crippen LogP contribution in [0.25, 0.3) is 5.69 Å². The van der Waals surface area contributed by atoms with Gasteiger partial charge in [0.1, 0.15) is 5.01 Å². The van der Waals surface area contributed by atoms with Crippen LogP contribution in [0.4, 0.5) is 5.13 Å². The van der Waals surface area contributed by atoms with Gasteiger partial charge in [0, 0.05) is 18.0 Å². The molecule has 0 aliphatic carbocycles. The number of nitrogens with one attached hydrogen (secondary N) is 1. The average molecular weight is 299 g/mol. The number of carbonyl (C=O) groups excluding carboxylic acids is 1. The summed E-state index contributed by atoms with van der Waals surface area (Å²) in [5.41, 5.74) is 1.47. The Hall–Kier alpha value is -2.54. The van der Waals surface area contributed by atoms with Crippen molar-refractivity contribution >= 4 is 22.4 Å².